The molecule has 0 aromatic rings. The molecular formula is C5H11ClN4. The van der Waals surface area contributed by atoms with E-state index in [1.165, 1.54) is 0 Å². The molecule has 0 bridgehead atoms. The van der Waals surface area contributed by atoms with Crippen molar-refractivity contribution < 1.29 is 0 Å². The van der Waals surface area contributed by atoms with E-state index in [0.29, 0.717) is 13.1 Å². The Labute approximate surface area is 65.8 Å². The van der Waals surface area contributed by atoms with Gasteiger partial charge in [-0.3, -0.25) is 0 Å². The summed E-state index contributed by atoms with van der Waals surface area (Å²) >= 11 is 0. The van der Waals surface area contributed by atoms with Crippen LogP contribution in [0.5, 0.6) is 0 Å². The molecule has 0 aromatic carbocycles. The summed E-state index contributed by atoms with van der Waals surface area (Å²) in [5.41, 5.74) is 13.6. The molecular weight excluding hydrogens is 152 g/mol. The summed E-state index contributed by atoms with van der Waals surface area (Å²) in [7, 11) is 0. The van der Waals surface area contributed by atoms with Crippen LogP contribution in [0, 0.1) is 5.41 Å². The number of azide groups is 1. The number of hydrogen-bond acceptors (Lipinski definition) is 2. The summed E-state index contributed by atoms with van der Waals surface area (Å²) in [5, 5.41) is 3.48. The minimum absolute atomic E-state index is 0. The van der Waals surface area contributed by atoms with Crippen molar-refractivity contribution in [3.05, 3.63) is 10.4 Å². The van der Waals surface area contributed by atoms with Gasteiger partial charge < -0.3 is 5.73 Å². The van der Waals surface area contributed by atoms with Crippen molar-refractivity contribution in [3.63, 3.8) is 0 Å². The zero-order valence-corrected chi connectivity index (χ0v) is 6.47. The molecule has 0 heterocycles. The van der Waals surface area contributed by atoms with Gasteiger partial charge in [-0.1, -0.05) is 5.11 Å². The average molecular weight is 163 g/mol. The number of nitrogens with zero attached hydrogens (tertiary/aromatic N) is 3. The molecule has 0 amide bonds. The molecule has 58 valence electrons. The Kier molecular flexibility index (Phi) is 3.50. The van der Waals surface area contributed by atoms with Crippen LogP contribution in [0.15, 0.2) is 5.11 Å². The molecule has 5 heteroatoms. The highest BCUT2D eigenvalue weighted by atomic mass is 35.5. The summed E-state index contributed by atoms with van der Waals surface area (Å²) < 4.78 is 0. The molecule has 2 N–H and O–H groups in total. The molecule has 0 radical (unpaired) electrons. The molecule has 1 fully saturated rings. The first kappa shape index (κ1) is 9.56. The first-order valence-electron chi connectivity index (χ1n) is 3.04. The van der Waals surface area contributed by atoms with Crippen molar-refractivity contribution in [1.29, 1.82) is 0 Å². The molecule has 1 aliphatic rings. The first-order chi connectivity index (χ1) is 4.33. The predicted molar refractivity (Wildman–Crippen MR) is 42.0 cm³/mol. The van der Waals surface area contributed by atoms with Gasteiger partial charge in [0.1, 0.15) is 0 Å². The second-order valence-corrected chi connectivity index (χ2v) is 2.59. The molecule has 1 saturated carbocycles. The minimum Gasteiger partial charge on any atom is -0.330 e. The van der Waals surface area contributed by atoms with Crippen LogP contribution in [0.2, 0.25) is 0 Å². The van der Waals surface area contributed by atoms with E-state index in [-0.39, 0.29) is 17.8 Å². The molecule has 10 heavy (non-hydrogen) atoms. The lowest BCUT2D eigenvalue weighted by Crippen LogP contribution is -2.17. The lowest BCUT2D eigenvalue weighted by molar-refractivity contribution is 0.536. The maximum atomic E-state index is 7.97. The van der Waals surface area contributed by atoms with Gasteiger partial charge >= 0.3 is 0 Å². The monoisotopic (exact) mass is 162 g/mol. The highest BCUT2D eigenvalue weighted by Crippen LogP contribution is 2.44. The lowest BCUT2D eigenvalue weighted by Gasteiger charge is -2.04. The largest absolute Gasteiger partial charge is 0.330 e. The van der Waals surface area contributed by atoms with Gasteiger partial charge in [-0.2, -0.15) is 0 Å². The van der Waals surface area contributed by atoms with E-state index in [1.807, 2.05) is 0 Å². The number of rotatable bonds is 3. The molecule has 0 saturated heterocycles. The molecule has 0 aromatic heterocycles. The molecule has 0 spiro atoms. The Hall–Kier alpha value is -0.440. The topological polar surface area (TPSA) is 74.8 Å². The maximum absolute atomic E-state index is 7.97. The van der Waals surface area contributed by atoms with Gasteiger partial charge in [-0.25, -0.2) is 0 Å². The van der Waals surface area contributed by atoms with Gasteiger partial charge in [-0.05, 0) is 30.3 Å². The van der Waals surface area contributed by atoms with Crippen LogP contribution < -0.4 is 5.73 Å². The molecule has 1 aliphatic carbocycles. The van der Waals surface area contributed by atoms with Crippen LogP contribution in [-0.4, -0.2) is 13.1 Å². The van der Waals surface area contributed by atoms with Gasteiger partial charge in [0, 0.05) is 11.5 Å². The molecule has 0 atom stereocenters. The standard InChI is InChI=1S/C5H10N4.ClH/c6-3-5(1-2-5)4-8-9-7;/h1-4,6H2;1H. The Bertz CT molecular complexity index is 148. The summed E-state index contributed by atoms with van der Waals surface area (Å²) in [4.78, 5) is 2.68. The first-order valence-corrected chi connectivity index (χ1v) is 3.04. The second-order valence-electron chi connectivity index (χ2n) is 2.59. The fourth-order valence-corrected chi connectivity index (χ4v) is 0.785. The predicted octanol–water partition coefficient (Wildman–Crippen LogP) is 1.46. The third kappa shape index (κ3) is 2.06. The molecule has 0 unspecified atom stereocenters. The summed E-state index contributed by atoms with van der Waals surface area (Å²) in [6.45, 7) is 1.24. The van der Waals surface area contributed by atoms with Gasteiger partial charge in [0.2, 0.25) is 0 Å². The van der Waals surface area contributed by atoms with E-state index >= 15 is 0 Å². The fraction of sp³-hybridized carbons (Fsp3) is 1.00. The van der Waals surface area contributed by atoms with Crippen molar-refractivity contribution in [2.45, 2.75) is 12.8 Å². The molecule has 4 nitrogen and oxygen atoms in total. The number of halogens is 1. The Balaban J connectivity index is 0.000000810. The third-order valence-corrected chi connectivity index (χ3v) is 1.86. The van der Waals surface area contributed by atoms with Crippen molar-refractivity contribution >= 4 is 12.4 Å². The van der Waals surface area contributed by atoms with Gasteiger partial charge in [0.25, 0.3) is 0 Å². The highest BCUT2D eigenvalue weighted by molar-refractivity contribution is 5.85. The van der Waals surface area contributed by atoms with E-state index in [9.17, 15) is 0 Å². The fourth-order valence-electron chi connectivity index (χ4n) is 0.785. The SMILES string of the molecule is Cl.[N-]=[N+]=NCC1(CN)CC1. The zero-order valence-electron chi connectivity index (χ0n) is 5.66. The quantitative estimate of drug-likeness (QED) is 0.381. The summed E-state index contributed by atoms with van der Waals surface area (Å²) in [6, 6.07) is 0. The van der Waals surface area contributed by atoms with Crippen molar-refractivity contribution in [2.75, 3.05) is 13.1 Å². The summed E-state index contributed by atoms with van der Waals surface area (Å²) in [5.74, 6) is 0. The summed E-state index contributed by atoms with van der Waals surface area (Å²) in [6.07, 6.45) is 2.26. The van der Waals surface area contributed by atoms with E-state index < -0.39 is 0 Å². The van der Waals surface area contributed by atoms with Gasteiger partial charge in [0.15, 0.2) is 0 Å². The van der Waals surface area contributed by atoms with Crippen LogP contribution in [0.1, 0.15) is 12.8 Å². The Morgan fingerprint density at radius 1 is 1.60 bits per heavy atom. The maximum Gasteiger partial charge on any atom is 0.0326 e. The van der Waals surface area contributed by atoms with E-state index in [0.717, 1.165) is 12.8 Å². The van der Waals surface area contributed by atoms with E-state index in [1.54, 1.807) is 0 Å². The van der Waals surface area contributed by atoms with Gasteiger partial charge in [-0.15, -0.1) is 12.4 Å². The van der Waals surface area contributed by atoms with Crippen molar-refractivity contribution in [1.82, 2.24) is 0 Å². The van der Waals surface area contributed by atoms with Crippen LogP contribution in [0.3, 0.4) is 0 Å². The number of hydrogen-bond donors (Lipinski definition) is 1. The average Bonchev–Trinajstić information content (AvgIpc) is 2.65. The van der Waals surface area contributed by atoms with E-state index in [4.69, 9.17) is 11.3 Å². The highest BCUT2D eigenvalue weighted by Gasteiger charge is 2.40. The van der Waals surface area contributed by atoms with Crippen molar-refractivity contribution in [2.24, 2.45) is 16.3 Å². The smallest absolute Gasteiger partial charge is 0.0326 e. The Morgan fingerprint density at radius 2 is 2.20 bits per heavy atom. The number of nitrogens with two attached hydrogens (primary N) is 1. The molecule has 1 rings (SSSR count). The van der Waals surface area contributed by atoms with Crippen LogP contribution in [-0.2, 0) is 0 Å². The minimum atomic E-state index is 0. The van der Waals surface area contributed by atoms with E-state index in [2.05, 4.69) is 10.0 Å². The second kappa shape index (κ2) is 3.66. The normalized spacial score (nSPS) is 18.5. The van der Waals surface area contributed by atoms with Crippen molar-refractivity contribution in [3.8, 4) is 0 Å². The van der Waals surface area contributed by atoms with Crippen LogP contribution in [0.4, 0.5) is 0 Å². The van der Waals surface area contributed by atoms with Gasteiger partial charge in [0.05, 0.1) is 0 Å². The lowest BCUT2D eigenvalue weighted by atomic mass is 10.1. The molecule has 0 aliphatic heterocycles. The van der Waals surface area contributed by atoms with Crippen LogP contribution >= 0.6 is 12.4 Å². The zero-order chi connectivity index (χ0) is 6.74. The van der Waals surface area contributed by atoms with Crippen LogP contribution in [0.25, 0.3) is 10.4 Å². The Morgan fingerprint density at radius 3 is 2.50 bits per heavy atom. The third-order valence-electron chi connectivity index (χ3n) is 1.86.